The first-order chi connectivity index (χ1) is 18.3. The van der Waals surface area contributed by atoms with E-state index in [-0.39, 0.29) is 29.5 Å². The van der Waals surface area contributed by atoms with Crippen LogP contribution >= 0.6 is 0 Å². The van der Waals surface area contributed by atoms with Crippen LogP contribution in [0.3, 0.4) is 0 Å². The molecule has 194 valence electrons. The van der Waals surface area contributed by atoms with Crippen LogP contribution in [-0.2, 0) is 17.8 Å². The van der Waals surface area contributed by atoms with Gasteiger partial charge in [-0.25, -0.2) is 4.39 Å². The molecule has 7 nitrogen and oxygen atoms in total. The van der Waals surface area contributed by atoms with Crippen molar-refractivity contribution < 1.29 is 14.0 Å². The molecule has 0 aliphatic carbocycles. The lowest BCUT2D eigenvalue weighted by Crippen LogP contribution is -2.37. The maximum Gasteiger partial charge on any atom is 0.275 e. The van der Waals surface area contributed by atoms with Crippen LogP contribution in [-0.4, -0.2) is 34.3 Å². The van der Waals surface area contributed by atoms with Gasteiger partial charge in [-0.05, 0) is 79.5 Å². The van der Waals surface area contributed by atoms with Gasteiger partial charge in [0.25, 0.3) is 5.56 Å². The molecular formula is C30H29FN4O3. The fourth-order valence-electron chi connectivity index (χ4n) is 4.01. The second-order valence-electron chi connectivity index (χ2n) is 8.99. The molecule has 4 aromatic rings. The van der Waals surface area contributed by atoms with Crippen molar-refractivity contribution in [2.45, 2.75) is 32.9 Å². The minimum Gasteiger partial charge on any atom is -0.320 e. The third kappa shape index (κ3) is 5.92. The highest BCUT2D eigenvalue weighted by atomic mass is 19.1. The van der Waals surface area contributed by atoms with Gasteiger partial charge in [-0.1, -0.05) is 31.2 Å². The monoisotopic (exact) mass is 512 g/mol. The van der Waals surface area contributed by atoms with Gasteiger partial charge >= 0.3 is 0 Å². The van der Waals surface area contributed by atoms with Crippen molar-refractivity contribution in [2.75, 3.05) is 12.4 Å². The maximum atomic E-state index is 13.6. The van der Waals surface area contributed by atoms with Gasteiger partial charge in [-0.3, -0.25) is 19.4 Å². The molecule has 0 bridgehead atoms. The number of nitrogens with zero attached hydrogens (tertiary/aromatic N) is 2. The number of pyridine rings is 2. The molecule has 0 radical (unpaired) electrons. The van der Waals surface area contributed by atoms with E-state index in [0.717, 1.165) is 12.0 Å². The number of carbonyl (C=O) groups excluding carboxylic acids is 2. The summed E-state index contributed by atoms with van der Waals surface area (Å²) >= 11 is 0. The number of aromatic nitrogens is 2. The largest absolute Gasteiger partial charge is 0.320 e. The molecule has 38 heavy (non-hydrogen) atoms. The van der Waals surface area contributed by atoms with Crippen LogP contribution in [0.25, 0.3) is 11.3 Å². The summed E-state index contributed by atoms with van der Waals surface area (Å²) in [7, 11) is 1.67. The summed E-state index contributed by atoms with van der Waals surface area (Å²) in [4.78, 5) is 43.3. The van der Waals surface area contributed by atoms with Gasteiger partial charge < -0.3 is 15.2 Å². The van der Waals surface area contributed by atoms with E-state index in [1.807, 2.05) is 24.3 Å². The van der Waals surface area contributed by atoms with E-state index in [2.05, 4.69) is 22.5 Å². The number of rotatable bonds is 9. The molecule has 0 spiro atoms. The van der Waals surface area contributed by atoms with E-state index in [9.17, 15) is 18.8 Å². The van der Waals surface area contributed by atoms with Gasteiger partial charge in [0, 0.05) is 23.5 Å². The summed E-state index contributed by atoms with van der Waals surface area (Å²) in [5.74, 6) is -1.06. The van der Waals surface area contributed by atoms with E-state index < -0.39 is 11.9 Å². The molecule has 1 atom stereocenters. The summed E-state index contributed by atoms with van der Waals surface area (Å²) in [6.45, 7) is 3.89. The SMILES string of the molecule is CCc1ccc(-c2ccc(NC(=O)[C@@H](C)NC)c(=O)n2Cc2cncc(C(=O)c3ccc(F)cc3)c2)cc1. The first-order valence-corrected chi connectivity index (χ1v) is 12.4. The maximum absolute atomic E-state index is 13.6. The highest BCUT2D eigenvalue weighted by Gasteiger charge is 2.17. The molecule has 4 rings (SSSR count). The second kappa shape index (κ2) is 11.7. The lowest BCUT2D eigenvalue weighted by atomic mass is 10.0. The third-order valence-electron chi connectivity index (χ3n) is 6.42. The zero-order chi connectivity index (χ0) is 27.2. The lowest BCUT2D eigenvalue weighted by molar-refractivity contribution is -0.117. The predicted molar refractivity (Wildman–Crippen MR) is 146 cm³/mol. The van der Waals surface area contributed by atoms with Crippen molar-refractivity contribution in [2.24, 2.45) is 0 Å². The zero-order valence-electron chi connectivity index (χ0n) is 21.5. The fraction of sp³-hybridized carbons (Fsp3) is 0.200. The van der Waals surface area contributed by atoms with Crippen LogP contribution in [0.5, 0.6) is 0 Å². The molecule has 0 aliphatic rings. The van der Waals surface area contributed by atoms with Gasteiger partial charge in [0.1, 0.15) is 11.5 Å². The van der Waals surface area contributed by atoms with E-state index in [4.69, 9.17) is 0 Å². The average Bonchev–Trinajstić information content (AvgIpc) is 2.95. The molecule has 2 N–H and O–H groups in total. The van der Waals surface area contributed by atoms with Crippen LogP contribution < -0.4 is 16.2 Å². The molecule has 0 saturated heterocycles. The second-order valence-corrected chi connectivity index (χ2v) is 8.99. The summed E-state index contributed by atoms with van der Waals surface area (Å²) in [5.41, 5.74) is 3.72. The minimum atomic E-state index is -0.484. The van der Waals surface area contributed by atoms with Crippen LogP contribution in [0.1, 0.15) is 40.9 Å². The van der Waals surface area contributed by atoms with Crippen LogP contribution in [0.2, 0.25) is 0 Å². The number of hydrogen-bond acceptors (Lipinski definition) is 5. The number of carbonyl (C=O) groups is 2. The molecule has 0 aliphatic heterocycles. The van der Waals surface area contributed by atoms with Gasteiger partial charge in [0.2, 0.25) is 5.91 Å². The fourth-order valence-corrected chi connectivity index (χ4v) is 4.01. The van der Waals surface area contributed by atoms with Gasteiger partial charge in [0.05, 0.1) is 18.3 Å². The average molecular weight is 513 g/mol. The van der Waals surface area contributed by atoms with Crippen molar-refractivity contribution in [3.63, 3.8) is 0 Å². The molecule has 2 aromatic heterocycles. The Bertz CT molecular complexity index is 1510. The number of halogens is 1. The van der Waals surface area contributed by atoms with Crippen LogP contribution in [0.15, 0.2) is 83.9 Å². The lowest BCUT2D eigenvalue weighted by Gasteiger charge is -2.17. The normalized spacial score (nSPS) is 11.7. The summed E-state index contributed by atoms with van der Waals surface area (Å²) < 4.78 is 14.9. The number of amides is 1. The smallest absolute Gasteiger partial charge is 0.275 e. The standard InChI is InChI=1S/C30H29FN4O3/c1-4-20-5-7-22(8-6-20)27-14-13-26(34-29(37)19(2)32-3)30(38)35(27)18-21-15-24(17-33-16-21)28(36)23-9-11-25(31)12-10-23/h5-17,19,32H,4,18H2,1-3H3,(H,34,37)/t19-/m1/s1. The Morgan fingerprint density at radius 1 is 0.947 bits per heavy atom. The van der Waals surface area contributed by atoms with E-state index in [1.54, 1.807) is 42.9 Å². The highest BCUT2D eigenvalue weighted by Crippen LogP contribution is 2.22. The van der Waals surface area contributed by atoms with Crippen LogP contribution in [0.4, 0.5) is 10.1 Å². The van der Waals surface area contributed by atoms with Gasteiger partial charge in [-0.15, -0.1) is 0 Å². The Hall–Kier alpha value is -4.43. The number of ketones is 1. The van der Waals surface area contributed by atoms with Gasteiger partial charge in [0.15, 0.2) is 5.78 Å². The first-order valence-electron chi connectivity index (χ1n) is 12.4. The van der Waals surface area contributed by atoms with Gasteiger partial charge in [-0.2, -0.15) is 0 Å². The summed E-state index contributed by atoms with van der Waals surface area (Å²) in [5, 5.41) is 5.56. The van der Waals surface area contributed by atoms with Crippen molar-refractivity contribution in [1.29, 1.82) is 0 Å². The van der Waals surface area contributed by atoms with Crippen molar-refractivity contribution in [3.05, 3.63) is 118 Å². The quantitative estimate of drug-likeness (QED) is 0.324. The number of likely N-dealkylation sites (N-methyl/N-ethyl adjacent to an activating group) is 1. The Balaban J connectivity index is 1.74. The summed E-state index contributed by atoms with van der Waals surface area (Å²) in [6, 6.07) is 17.8. The molecule has 0 saturated carbocycles. The number of nitrogens with one attached hydrogen (secondary N) is 2. The third-order valence-corrected chi connectivity index (χ3v) is 6.42. The Kier molecular flexibility index (Phi) is 8.23. The van der Waals surface area contributed by atoms with Crippen molar-refractivity contribution >= 4 is 17.4 Å². The van der Waals surface area contributed by atoms with E-state index >= 15 is 0 Å². The predicted octanol–water partition coefficient (Wildman–Crippen LogP) is 4.44. The minimum absolute atomic E-state index is 0.118. The molecule has 2 aromatic carbocycles. The number of hydrogen-bond donors (Lipinski definition) is 2. The molecule has 0 fully saturated rings. The first kappa shape index (κ1) is 26.6. The highest BCUT2D eigenvalue weighted by molar-refractivity contribution is 6.08. The van der Waals surface area contributed by atoms with Crippen molar-refractivity contribution in [1.82, 2.24) is 14.9 Å². The number of anilines is 1. The van der Waals surface area contributed by atoms with Crippen LogP contribution in [0, 0.1) is 5.82 Å². The number of benzene rings is 2. The topological polar surface area (TPSA) is 93.1 Å². The molecule has 8 heteroatoms. The summed E-state index contributed by atoms with van der Waals surface area (Å²) in [6.07, 6.45) is 3.92. The molecular weight excluding hydrogens is 483 g/mol. The van der Waals surface area contributed by atoms with E-state index in [1.165, 1.54) is 36.0 Å². The number of aryl methyl sites for hydroxylation is 1. The Labute approximate surface area is 220 Å². The molecule has 0 unspecified atom stereocenters. The molecule has 1 amide bonds. The zero-order valence-corrected chi connectivity index (χ0v) is 21.5. The Morgan fingerprint density at radius 2 is 1.66 bits per heavy atom. The van der Waals surface area contributed by atoms with Crippen molar-refractivity contribution in [3.8, 4) is 11.3 Å². The van der Waals surface area contributed by atoms with E-state index in [0.29, 0.717) is 22.4 Å². The Morgan fingerprint density at radius 3 is 2.32 bits per heavy atom. The molecule has 2 heterocycles.